The average Bonchev–Trinajstić information content (AvgIpc) is 2.00. The number of aromatic nitrogens is 2. The predicted octanol–water partition coefficient (Wildman–Crippen LogP) is -0.514. The third-order valence-corrected chi connectivity index (χ3v) is 1.76. The van der Waals surface area contributed by atoms with Crippen molar-refractivity contribution in [3.63, 3.8) is 0 Å². The Labute approximate surface area is 68.6 Å². The van der Waals surface area contributed by atoms with Crippen LogP contribution in [0.3, 0.4) is 0 Å². The Bertz CT molecular complexity index is 381. The normalized spacial score (nSPS) is 9.83. The Kier molecular flexibility index (Phi) is 1.95. The minimum Gasteiger partial charge on any atom is -0.364 e. The van der Waals surface area contributed by atoms with Crippen LogP contribution in [0.1, 0.15) is 21.6 Å². The molecule has 3 N–H and O–H groups in total. The van der Waals surface area contributed by atoms with Gasteiger partial charge in [0, 0.05) is 5.56 Å². The standard InChI is InChI=1S/C7H9N3O2/c1-3-4(2)7(12)10-9-5(3)6(8)11/h1-2H3,(H2,8,11)(H,10,12). The van der Waals surface area contributed by atoms with Gasteiger partial charge < -0.3 is 5.73 Å². The Morgan fingerprint density at radius 2 is 2.00 bits per heavy atom. The van der Waals surface area contributed by atoms with Gasteiger partial charge in [-0.1, -0.05) is 0 Å². The highest BCUT2D eigenvalue weighted by atomic mass is 16.1. The fourth-order valence-corrected chi connectivity index (χ4v) is 0.862. The van der Waals surface area contributed by atoms with Crippen LogP contribution in [-0.2, 0) is 0 Å². The number of nitrogens with one attached hydrogen (secondary N) is 1. The maximum atomic E-state index is 10.9. The molecule has 0 bridgehead atoms. The lowest BCUT2D eigenvalue weighted by Crippen LogP contribution is -2.22. The molecule has 0 saturated heterocycles. The number of nitrogens with two attached hydrogens (primary N) is 1. The van der Waals surface area contributed by atoms with E-state index in [1.54, 1.807) is 13.8 Å². The number of hydrogen-bond acceptors (Lipinski definition) is 3. The van der Waals surface area contributed by atoms with Gasteiger partial charge >= 0.3 is 0 Å². The predicted molar refractivity (Wildman–Crippen MR) is 42.8 cm³/mol. The van der Waals surface area contributed by atoms with E-state index in [1.165, 1.54) is 0 Å². The first kappa shape index (κ1) is 8.45. The summed E-state index contributed by atoms with van der Waals surface area (Å²) in [4.78, 5) is 21.7. The van der Waals surface area contributed by atoms with Crippen LogP contribution in [0.5, 0.6) is 0 Å². The third kappa shape index (κ3) is 1.20. The molecular weight excluding hydrogens is 158 g/mol. The van der Waals surface area contributed by atoms with Crippen molar-refractivity contribution in [2.75, 3.05) is 0 Å². The number of carbonyl (C=O) groups excluding carboxylic acids is 1. The van der Waals surface area contributed by atoms with E-state index >= 15 is 0 Å². The molecule has 0 aliphatic rings. The lowest BCUT2D eigenvalue weighted by molar-refractivity contribution is 0.0993. The van der Waals surface area contributed by atoms with Crippen LogP contribution in [0.2, 0.25) is 0 Å². The highest BCUT2D eigenvalue weighted by Gasteiger charge is 2.10. The maximum Gasteiger partial charge on any atom is 0.269 e. The van der Waals surface area contributed by atoms with Crippen molar-refractivity contribution < 1.29 is 4.79 Å². The van der Waals surface area contributed by atoms with Gasteiger partial charge in [-0.25, -0.2) is 5.10 Å². The second-order valence-corrected chi connectivity index (χ2v) is 2.52. The van der Waals surface area contributed by atoms with Crippen LogP contribution in [0.15, 0.2) is 4.79 Å². The van der Waals surface area contributed by atoms with Crippen LogP contribution >= 0.6 is 0 Å². The fraction of sp³-hybridized carbons (Fsp3) is 0.286. The van der Waals surface area contributed by atoms with Gasteiger partial charge in [0.1, 0.15) is 0 Å². The Balaban J connectivity index is 3.47. The molecule has 1 aromatic heterocycles. The first-order chi connectivity index (χ1) is 5.54. The van der Waals surface area contributed by atoms with Crippen molar-refractivity contribution in [1.29, 1.82) is 0 Å². The van der Waals surface area contributed by atoms with E-state index in [2.05, 4.69) is 10.2 Å². The summed E-state index contributed by atoms with van der Waals surface area (Å²) >= 11 is 0. The van der Waals surface area contributed by atoms with E-state index in [0.29, 0.717) is 11.1 Å². The van der Waals surface area contributed by atoms with E-state index in [-0.39, 0.29) is 11.3 Å². The van der Waals surface area contributed by atoms with Crippen LogP contribution in [-0.4, -0.2) is 16.1 Å². The molecule has 0 aliphatic heterocycles. The van der Waals surface area contributed by atoms with E-state index in [1.807, 2.05) is 0 Å². The molecular formula is C7H9N3O2. The molecule has 12 heavy (non-hydrogen) atoms. The average molecular weight is 167 g/mol. The number of carbonyl (C=O) groups is 1. The highest BCUT2D eigenvalue weighted by molar-refractivity contribution is 5.92. The molecule has 0 saturated carbocycles. The first-order valence-electron chi connectivity index (χ1n) is 3.39. The van der Waals surface area contributed by atoms with E-state index in [4.69, 9.17) is 5.73 Å². The fourth-order valence-electron chi connectivity index (χ4n) is 0.862. The minimum atomic E-state index is -0.633. The summed E-state index contributed by atoms with van der Waals surface area (Å²) in [5.74, 6) is -0.633. The molecule has 1 aromatic rings. The molecule has 0 aliphatic carbocycles. The lowest BCUT2D eigenvalue weighted by Gasteiger charge is -2.01. The topological polar surface area (TPSA) is 88.8 Å². The molecule has 1 heterocycles. The third-order valence-electron chi connectivity index (χ3n) is 1.76. The molecule has 5 heteroatoms. The van der Waals surface area contributed by atoms with Gasteiger partial charge in [0.25, 0.3) is 11.5 Å². The number of H-pyrrole nitrogens is 1. The summed E-state index contributed by atoms with van der Waals surface area (Å²) in [6, 6.07) is 0. The van der Waals surface area contributed by atoms with Crippen molar-refractivity contribution in [1.82, 2.24) is 10.2 Å². The number of hydrogen-bond donors (Lipinski definition) is 2. The van der Waals surface area contributed by atoms with Gasteiger partial charge in [0.05, 0.1) is 0 Å². The second kappa shape index (κ2) is 2.77. The smallest absolute Gasteiger partial charge is 0.269 e. The van der Waals surface area contributed by atoms with Gasteiger partial charge in [0.2, 0.25) is 0 Å². The van der Waals surface area contributed by atoms with Gasteiger partial charge in [-0.2, -0.15) is 5.10 Å². The highest BCUT2D eigenvalue weighted by Crippen LogP contribution is 2.03. The molecule has 0 radical (unpaired) electrons. The number of aromatic amines is 1. The zero-order valence-corrected chi connectivity index (χ0v) is 6.84. The number of primary amides is 1. The maximum absolute atomic E-state index is 10.9. The molecule has 0 spiro atoms. The lowest BCUT2D eigenvalue weighted by atomic mass is 10.1. The first-order valence-corrected chi connectivity index (χ1v) is 3.39. The van der Waals surface area contributed by atoms with E-state index < -0.39 is 5.91 Å². The summed E-state index contributed by atoms with van der Waals surface area (Å²) in [5.41, 5.74) is 5.84. The second-order valence-electron chi connectivity index (χ2n) is 2.52. The van der Waals surface area contributed by atoms with Crippen molar-refractivity contribution in [3.8, 4) is 0 Å². The van der Waals surface area contributed by atoms with Crippen LogP contribution in [0, 0.1) is 13.8 Å². The van der Waals surface area contributed by atoms with E-state index in [9.17, 15) is 9.59 Å². The number of amides is 1. The largest absolute Gasteiger partial charge is 0.364 e. The molecule has 0 fully saturated rings. The summed E-state index contributed by atoms with van der Waals surface area (Å²) in [6.45, 7) is 3.25. The van der Waals surface area contributed by atoms with Crippen molar-refractivity contribution >= 4 is 5.91 Å². The molecule has 5 nitrogen and oxygen atoms in total. The van der Waals surface area contributed by atoms with Crippen LogP contribution < -0.4 is 11.3 Å². The summed E-state index contributed by atoms with van der Waals surface area (Å²) in [7, 11) is 0. The van der Waals surface area contributed by atoms with Crippen LogP contribution in [0.25, 0.3) is 0 Å². The Morgan fingerprint density at radius 1 is 1.42 bits per heavy atom. The quantitative estimate of drug-likeness (QED) is 0.590. The van der Waals surface area contributed by atoms with Crippen molar-refractivity contribution in [2.45, 2.75) is 13.8 Å². The van der Waals surface area contributed by atoms with Crippen molar-refractivity contribution in [2.24, 2.45) is 5.73 Å². The SMILES string of the molecule is Cc1c(C(N)=O)n[nH]c(=O)c1C. The monoisotopic (exact) mass is 167 g/mol. The van der Waals surface area contributed by atoms with Gasteiger partial charge in [0.15, 0.2) is 5.69 Å². The Morgan fingerprint density at radius 3 is 2.50 bits per heavy atom. The zero-order valence-electron chi connectivity index (χ0n) is 6.84. The number of rotatable bonds is 1. The zero-order chi connectivity index (χ0) is 9.30. The molecule has 64 valence electrons. The van der Waals surface area contributed by atoms with Gasteiger partial charge in [-0.3, -0.25) is 9.59 Å². The van der Waals surface area contributed by atoms with E-state index in [0.717, 1.165) is 0 Å². The molecule has 1 rings (SSSR count). The summed E-state index contributed by atoms with van der Waals surface area (Å²) in [5, 5.41) is 5.71. The number of nitrogens with zero attached hydrogens (tertiary/aromatic N) is 1. The summed E-state index contributed by atoms with van der Waals surface area (Å²) in [6.07, 6.45) is 0. The van der Waals surface area contributed by atoms with Crippen LogP contribution in [0.4, 0.5) is 0 Å². The van der Waals surface area contributed by atoms with Crippen molar-refractivity contribution in [3.05, 3.63) is 27.2 Å². The Hall–Kier alpha value is -1.65. The molecule has 0 aromatic carbocycles. The summed E-state index contributed by atoms with van der Waals surface area (Å²) < 4.78 is 0. The minimum absolute atomic E-state index is 0.118. The molecule has 1 amide bonds. The molecule has 0 atom stereocenters. The van der Waals surface area contributed by atoms with Gasteiger partial charge in [-0.05, 0) is 19.4 Å². The molecule has 0 unspecified atom stereocenters. The van der Waals surface area contributed by atoms with Gasteiger partial charge in [-0.15, -0.1) is 0 Å².